The third-order valence-corrected chi connectivity index (χ3v) is 7.28. The summed E-state index contributed by atoms with van der Waals surface area (Å²) >= 11 is -3.19. The summed E-state index contributed by atoms with van der Waals surface area (Å²) in [5, 5.41) is 0. The number of hydrogen-bond donors (Lipinski definition) is 0. The van der Waals surface area contributed by atoms with Gasteiger partial charge in [-0.1, -0.05) is 0 Å². The quantitative estimate of drug-likeness (QED) is 0.440. The Hall–Kier alpha value is -0.331. The van der Waals surface area contributed by atoms with Gasteiger partial charge in [-0.15, -0.1) is 0 Å². The molecule has 6 heteroatoms. The molecule has 0 saturated heterocycles. The molecule has 0 aliphatic heterocycles. The van der Waals surface area contributed by atoms with E-state index in [1.807, 2.05) is 0 Å². The topological polar surface area (TPSA) is 12.9 Å². The Morgan fingerprint density at radius 2 is 1.21 bits per heavy atom. The standard InChI is InChI=1S/C5F4N.3CH3.Sn/c6-2-1-3(7)5(9)10-4(2)8;;;;/h;3*1H3;. The molecule has 1 nitrogen and oxygen atoms in total. The van der Waals surface area contributed by atoms with Crippen LogP contribution in [0.5, 0.6) is 0 Å². The third kappa shape index (κ3) is 2.02. The predicted octanol–water partition coefficient (Wildman–Crippen LogP) is 2.18. The van der Waals surface area contributed by atoms with Crippen LogP contribution in [0.3, 0.4) is 0 Å². The van der Waals surface area contributed by atoms with Crippen molar-refractivity contribution in [3.8, 4) is 0 Å². The van der Waals surface area contributed by atoms with Gasteiger partial charge in [-0.25, -0.2) is 0 Å². The van der Waals surface area contributed by atoms with E-state index < -0.39 is 45.5 Å². The number of halogens is 4. The van der Waals surface area contributed by atoms with Crippen molar-refractivity contribution < 1.29 is 17.6 Å². The van der Waals surface area contributed by atoms with Crippen molar-refractivity contribution in [2.45, 2.75) is 14.8 Å². The van der Waals surface area contributed by atoms with E-state index in [0.29, 0.717) is 0 Å². The van der Waals surface area contributed by atoms with Crippen LogP contribution in [-0.2, 0) is 0 Å². The van der Waals surface area contributed by atoms with E-state index in [9.17, 15) is 17.6 Å². The molecule has 1 aromatic heterocycles. The summed E-state index contributed by atoms with van der Waals surface area (Å²) in [6.45, 7) is 0. The van der Waals surface area contributed by atoms with E-state index >= 15 is 0 Å². The van der Waals surface area contributed by atoms with Crippen LogP contribution in [0.15, 0.2) is 0 Å². The second-order valence-corrected chi connectivity index (χ2v) is 18.2. The zero-order valence-electron chi connectivity index (χ0n) is 7.96. The van der Waals surface area contributed by atoms with Gasteiger partial charge in [0.2, 0.25) is 0 Å². The van der Waals surface area contributed by atoms with Gasteiger partial charge >= 0.3 is 82.9 Å². The maximum atomic E-state index is 13.1. The molecule has 14 heavy (non-hydrogen) atoms. The summed E-state index contributed by atoms with van der Waals surface area (Å²) in [5.41, 5.74) is 0. The number of hydrogen-bond acceptors (Lipinski definition) is 1. The van der Waals surface area contributed by atoms with Crippen LogP contribution in [0.25, 0.3) is 0 Å². The first-order chi connectivity index (χ1) is 6.25. The van der Waals surface area contributed by atoms with Gasteiger partial charge in [0.1, 0.15) is 0 Å². The van der Waals surface area contributed by atoms with Crippen molar-refractivity contribution in [1.29, 1.82) is 0 Å². The van der Waals surface area contributed by atoms with Gasteiger partial charge in [0.25, 0.3) is 0 Å². The van der Waals surface area contributed by atoms with Crippen molar-refractivity contribution in [3.63, 3.8) is 0 Å². The minimum atomic E-state index is -3.19. The summed E-state index contributed by atoms with van der Waals surface area (Å²) in [5.74, 6) is -5.81. The Kier molecular flexibility index (Phi) is 3.08. The average molecular weight is 314 g/mol. The Balaban J connectivity index is 3.56. The van der Waals surface area contributed by atoms with Crippen LogP contribution in [0, 0.1) is 23.5 Å². The van der Waals surface area contributed by atoms with E-state index in [-0.39, 0.29) is 0 Å². The van der Waals surface area contributed by atoms with Gasteiger partial charge in [0.05, 0.1) is 0 Å². The fourth-order valence-corrected chi connectivity index (χ4v) is 5.49. The van der Waals surface area contributed by atoms with E-state index in [1.165, 1.54) is 0 Å². The molecular weight excluding hydrogens is 305 g/mol. The number of pyridine rings is 1. The van der Waals surface area contributed by atoms with Crippen molar-refractivity contribution in [2.75, 3.05) is 0 Å². The second kappa shape index (κ2) is 3.67. The summed E-state index contributed by atoms with van der Waals surface area (Å²) in [6, 6.07) is 0. The summed E-state index contributed by atoms with van der Waals surface area (Å²) in [7, 11) is 0. The molecule has 78 valence electrons. The molecule has 0 spiro atoms. The number of rotatable bonds is 1. The molecule has 0 aromatic carbocycles. The monoisotopic (exact) mass is 315 g/mol. The van der Waals surface area contributed by atoms with Crippen LogP contribution in [0.1, 0.15) is 0 Å². The number of aromatic nitrogens is 1. The molecule has 1 aromatic rings. The van der Waals surface area contributed by atoms with Gasteiger partial charge < -0.3 is 0 Å². The van der Waals surface area contributed by atoms with E-state index in [1.54, 1.807) is 14.8 Å². The molecule has 0 aliphatic carbocycles. The van der Waals surface area contributed by atoms with Crippen molar-refractivity contribution in [3.05, 3.63) is 23.5 Å². The molecule has 1 heterocycles. The number of nitrogens with zero attached hydrogens (tertiary/aromatic N) is 1. The fraction of sp³-hybridized carbons (Fsp3) is 0.375. The average Bonchev–Trinajstić information content (AvgIpc) is 1.98. The van der Waals surface area contributed by atoms with E-state index in [2.05, 4.69) is 4.98 Å². The zero-order chi connectivity index (χ0) is 11.1. The molecule has 0 N–H and O–H groups in total. The van der Waals surface area contributed by atoms with Gasteiger partial charge in [-0.2, -0.15) is 0 Å². The molecule has 0 bridgehead atoms. The normalized spacial score (nSPS) is 11.9. The molecule has 0 saturated carbocycles. The molecule has 0 amide bonds. The Morgan fingerprint density at radius 3 is 1.50 bits per heavy atom. The molecule has 0 unspecified atom stereocenters. The fourth-order valence-electron chi connectivity index (χ4n) is 1.15. The maximum absolute atomic E-state index is 13.1. The first-order valence-corrected chi connectivity index (χ1v) is 13.9. The van der Waals surface area contributed by atoms with Crippen LogP contribution in [0.4, 0.5) is 17.6 Å². The molecular formula is C8H9F4NSn. The van der Waals surface area contributed by atoms with E-state index in [0.717, 1.165) is 0 Å². The van der Waals surface area contributed by atoms with Crippen molar-refractivity contribution in [1.82, 2.24) is 4.98 Å². The minimum absolute atomic E-state index is 0.413. The molecule has 0 atom stereocenters. The summed E-state index contributed by atoms with van der Waals surface area (Å²) in [6.07, 6.45) is 0. The van der Waals surface area contributed by atoms with Crippen LogP contribution in [0.2, 0.25) is 14.8 Å². The van der Waals surface area contributed by atoms with Gasteiger partial charge in [-0.3, -0.25) is 0 Å². The Bertz CT molecular complexity index is 346. The van der Waals surface area contributed by atoms with E-state index in [4.69, 9.17) is 0 Å². The summed E-state index contributed by atoms with van der Waals surface area (Å²) in [4.78, 5) is 7.48. The van der Waals surface area contributed by atoms with Gasteiger partial charge in [0.15, 0.2) is 0 Å². The summed E-state index contributed by atoms with van der Waals surface area (Å²) < 4.78 is 51.3. The third-order valence-electron chi connectivity index (χ3n) is 1.75. The predicted molar refractivity (Wildman–Crippen MR) is 47.0 cm³/mol. The van der Waals surface area contributed by atoms with Crippen LogP contribution >= 0.6 is 0 Å². The van der Waals surface area contributed by atoms with Crippen LogP contribution < -0.4 is 3.58 Å². The molecule has 0 aliphatic rings. The molecule has 0 radical (unpaired) electrons. The zero-order valence-corrected chi connectivity index (χ0v) is 10.8. The Morgan fingerprint density at radius 1 is 0.857 bits per heavy atom. The first-order valence-electron chi connectivity index (χ1n) is 3.95. The van der Waals surface area contributed by atoms with Crippen LogP contribution in [-0.4, -0.2) is 23.4 Å². The molecule has 1 rings (SSSR count). The van der Waals surface area contributed by atoms with Crippen molar-refractivity contribution in [2.24, 2.45) is 0 Å². The first kappa shape index (κ1) is 11.7. The second-order valence-electron chi connectivity index (χ2n) is 3.95. The SMILES string of the molecule is [CH3][Sn]([CH3])([CH3])[c]1c(F)c(F)nc(F)c1F. The van der Waals surface area contributed by atoms with Gasteiger partial charge in [-0.05, 0) is 0 Å². The Labute approximate surface area is 83.0 Å². The van der Waals surface area contributed by atoms with Crippen molar-refractivity contribution >= 4 is 22.0 Å². The van der Waals surface area contributed by atoms with Gasteiger partial charge in [0, 0.05) is 0 Å². The molecule has 0 fully saturated rings.